The highest BCUT2D eigenvalue weighted by Crippen LogP contribution is 2.28. The maximum absolute atomic E-state index is 13.1. The van der Waals surface area contributed by atoms with Gasteiger partial charge in [-0.3, -0.25) is 4.79 Å². The molecule has 2 aliphatic carbocycles. The lowest BCUT2D eigenvalue weighted by Gasteiger charge is -2.22. The second-order valence-electron chi connectivity index (χ2n) is 6.60. The zero-order valence-corrected chi connectivity index (χ0v) is 13.8. The quantitative estimate of drug-likeness (QED) is 0.746. The van der Waals surface area contributed by atoms with Gasteiger partial charge in [0.2, 0.25) is 15.9 Å². The summed E-state index contributed by atoms with van der Waals surface area (Å²) in [7, 11) is -3.41. The van der Waals surface area contributed by atoms with E-state index in [0.717, 1.165) is 25.7 Å². The van der Waals surface area contributed by atoms with Crippen LogP contribution in [0.15, 0.2) is 0 Å². The number of rotatable bonds is 7. The summed E-state index contributed by atoms with van der Waals surface area (Å²) in [6, 6.07) is 0.248. The van der Waals surface area contributed by atoms with Crippen LogP contribution in [-0.4, -0.2) is 38.8 Å². The maximum atomic E-state index is 13.1. The molecule has 22 heavy (non-hydrogen) atoms. The van der Waals surface area contributed by atoms with Gasteiger partial charge >= 0.3 is 0 Å². The second-order valence-corrected chi connectivity index (χ2v) is 8.46. The Bertz CT molecular complexity index is 463. The Morgan fingerprint density at radius 2 is 1.82 bits per heavy atom. The molecule has 2 fully saturated rings. The third kappa shape index (κ3) is 6.20. The van der Waals surface area contributed by atoms with E-state index in [1.807, 2.05) is 0 Å². The van der Waals surface area contributed by atoms with E-state index < -0.39 is 16.2 Å². The van der Waals surface area contributed by atoms with E-state index in [1.165, 1.54) is 6.42 Å². The van der Waals surface area contributed by atoms with Crippen molar-refractivity contribution in [3.8, 4) is 0 Å². The summed E-state index contributed by atoms with van der Waals surface area (Å²) in [5.74, 6) is -0.222. The number of amides is 1. The first kappa shape index (κ1) is 17.7. The molecule has 2 saturated carbocycles. The van der Waals surface area contributed by atoms with E-state index >= 15 is 0 Å². The van der Waals surface area contributed by atoms with Crippen molar-refractivity contribution in [2.75, 3.05) is 12.3 Å². The summed E-state index contributed by atoms with van der Waals surface area (Å²) in [6.07, 6.45) is 6.29. The minimum absolute atomic E-state index is 0.0301. The van der Waals surface area contributed by atoms with Gasteiger partial charge in [-0.1, -0.05) is 19.3 Å². The first-order chi connectivity index (χ1) is 10.4. The van der Waals surface area contributed by atoms with E-state index in [2.05, 4.69) is 10.0 Å². The van der Waals surface area contributed by atoms with Gasteiger partial charge in [-0.15, -0.1) is 0 Å². The number of carbonyl (C=O) groups excluding carboxylic acids is 1. The number of hydrogen-bond acceptors (Lipinski definition) is 3. The highest BCUT2D eigenvalue weighted by atomic mass is 32.2. The number of hydrogen-bond donors (Lipinski definition) is 2. The number of alkyl halides is 1. The summed E-state index contributed by atoms with van der Waals surface area (Å²) < 4.78 is 39.3. The van der Waals surface area contributed by atoms with Crippen molar-refractivity contribution < 1.29 is 17.6 Å². The van der Waals surface area contributed by atoms with Crippen LogP contribution in [0, 0.1) is 5.92 Å². The van der Waals surface area contributed by atoms with Crippen molar-refractivity contribution in [1.82, 2.24) is 10.0 Å². The van der Waals surface area contributed by atoms with Crippen LogP contribution >= 0.6 is 0 Å². The average molecular weight is 334 g/mol. The van der Waals surface area contributed by atoms with Crippen LogP contribution in [0.25, 0.3) is 0 Å². The Kier molecular flexibility index (Phi) is 6.62. The van der Waals surface area contributed by atoms with Gasteiger partial charge in [0.1, 0.15) is 6.17 Å². The number of nitrogens with one attached hydrogen (secondary N) is 2. The van der Waals surface area contributed by atoms with Gasteiger partial charge in [0, 0.05) is 19.0 Å². The third-order valence-corrected chi connectivity index (χ3v) is 6.13. The molecule has 0 heterocycles. The van der Waals surface area contributed by atoms with Gasteiger partial charge in [-0.2, -0.15) is 0 Å². The molecule has 0 aromatic carbocycles. The van der Waals surface area contributed by atoms with Crippen molar-refractivity contribution in [3.05, 3.63) is 0 Å². The van der Waals surface area contributed by atoms with E-state index in [9.17, 15) is 17.6 Å². The van der Waals surface area contributed by atoms with E-state index in [4.69, 9.17) is 0 Å². The summed E-state index contributed by atoms with van der Waals surface area (Å²) in [4.78, 5) is 11.8. The summed E-state index contributed by atoms with van der Waals surface area (Å²) >= 11 is 0. The minimum atomic E-state index is -3.41. The third-order valence-electron chi connectivity index (χ3n) is 4.58. The lowest BCUT2D eigenvalue weighted by molar-refractivity contribution is -0.121. The van der Waals surface area contributed by atoms with Gasteiger partial charge < -0.3 is 5.32 Å². The molecule has 0 saturated heterocycles. The molecule has 0 bridgehead atoms. The van der Waals surface area contributed by atoms with Crippen molar-refractivity contribution in [3.63, 3.8) is 0 Å². The van der Waals surface area contributed by atoms with Crippen molar-refractivity contribution in [2.45, 2.75) is 70.0 Å². The summed E-state index contributed by atoms with van der Waals surface area (Å²) in [6.45, 7) is 0.118. The van der Waals surface area contributed by atoms with Gasteiger partial charge in [-0.25, -0.2) is 17.5 Å². The number of carbonyl (C=O) groups is 1. The topological polar surface area (TPSA) is 75.3 Å². The standard InChI is InChI=1S/C15H27FN2O3S/c16-13-7-6-12(10-13)11-22(20,21)17-9-8-15(19)18-14-4-2-1-3-5-14/h12-14,17H,1-11H2,(H,18,19). The van der Waals surface area contributed by atoms with Crippen LogP contribution in [-0.2, 0) is 14.8 Å². The Morgan fingerprint density at radius 1 is 1.09 bits per heavy atom. The normalized spacial score (nSPS) is 27.0. The Balaban J connectivity index is 1.63. The Morgan fingerprint density at radius 3 is 2.45 bits per heavy atom. The molecule has 2 aliphatic rings. The van der Waals surface area contributed by atoms with Crippen LogP contribution in [0.4, 0.5) is 4.39 Å². The minimum Gasteiger partial charge on any atom is -0.353 e. The molecule has 0 aliphatic heterocycles. The van der Waals surface area contributed by atoms with E-state index in [1.54, 1.807) is 0 Å². The summed E-state index contributed by atoms with van der Waals surface area (Å²) in [5, 5.41) is 2.96. The van der Waals surface area contributed by atoms with Crippen molar-refractivity contribution in [2.24, 2.45) is 5.92 Å². The van der Waals surface area contributed by atoms with Gasteiger partial charge in [0.15, 0.2) is 0 Å². The maximum Gasteiger partial charge on any atom is 0.221 e. The zero-order chi connectivity index (χ0) is 16.0. The van der Waals surface area contributed by atoms with Gasteiger partial charge in [0.25, 0.3) is 0 Å². The van der Waals surface area contributed by atoms with Crippen LogP contribution in [0.5, 0.6) is 0 Å². The molecule has 5 nitrogen and oxygen atoms in total. The van der Waals surface area contributed by atoms with E-state index in [-0.39, 0.29) is 36.6 Å². The fourth-order valence-electron chi connectivity index (χ4n) is 3.40. The SMILES string of the molecule is O=C(CCNS(=O)(=O)CC1CCC(F)C1)NC1CCCCC1. The predicted octanol–water partition coefficient (Wildman–Crippen LogP) is 1.88. The fourth-order valence-corrected chi connectivity index (χ4v) is 4.86. The fraction of sp³-hybridized carbons (Fsp3) is 0.933. The molecule has 2 rings (SSSR count). The molecule has 0 aromatic rings. The molecule has 0 spiro atoms. The number of sulfonamides is 1. The first-order valence-corrected chi connectivity index (χ1v) is 10.0. The van der Waals surface area contributed by atoms with Crippen LogP contribution in [0.1, 0.15) is 57.8 Å². The smallest absolute Gasteiger partial charge is 0.221 e. The van der Waals surface area contributed by atoms with Crippen molar-refractivity contribution >= 4 is 15.9 Å². The molecule has 7 heteroatoms. The summed E-state index contributed by atoms with van der Waals surface area (Å²) in [5.41, 5.74) is 0. The van der Waals surface area contributed by atoms with E-state index in [0.29, 0.717) is 19.3 Å². The molecule has 2 atom stereocenters. The van der Waals surface area contributed by atoms with Crippen LogP contribution in [0.2, 0.25) is 0 Å². The monoisotopic (exact) mass is 334 g/mol. The van der Waals surface area contributed by atoms with Gasteiger partial charge in [-0.05, 0) is 38.0 Å². The molecular weight excluding hydrogens is 307 g/mol. The molecule has 0 radical (unpaired) electrons. The predicted molar refractivity (Wildman–Crippen MR) is 83.7 cm³/mol. The molecule has 128 valence electrons. The largest absolute Gasteiger partial charge is 0.353 e. The average Bonchev–Trinajstić information content (AvgIpc) is 2.84. The highest BCUT2D eigenvalue weighted by Gasteiger charge is 2.28. The second kappa shape index (κ2) is 8.24. The molecule has 2 N–H and O–H groups in total. The zero-order valence-electron chi connectivity index (χ0n) is 13.0. The first-order valence-electron chi connectivity index (χ1n) is 8.35. The Hall–Kier alpha value is -0.690. The van der Waals surface area contributed by atoms with Gasteiger partial charge in [0.05, 0.1) is 5.75 Å². The molecule has 2 unspecified atom stereocenters. The molecule has 1 amide bonds. The van der Waals surface area contributed by atoms with Crippen molar-refractivity contribution in [1.29, 1.82) is 0 Å². The van der Waals surface area contributed by atoms with Crippen LogP contribution in [0.3, 0.4) is 0 Å². The molecular formula is C15H27FN2O3S. The van der Waals surface area contributed by atoms with Crippen LogP contribution < -0.4 is 10.0 Å². The molecule has 0 aromatic heterocycles. The Labute approximate surface area is 132 Å². The lowest BCUT2D eigenvalue weighted by atomic mass is 9.95. The number of halogens is 1. The lowest BCUT2D eigenvalue weighted by Crippen LogP contribution is -2.38. The highest BCUT2D eigenvalue weighted by molar-refractivity contribution is 7.89.